The molecule has 3 aliphatic rings. The first-order chi connectivity index (χ1) is 27.1. The zero-order chi connectivity index (χ0) is 41.4. The third-order valence-corrected chi connectivity index (χ3v) is 9.11. The first-order valence-electron chi connectivity index (χ1n) is 18.1. The van der Waals surface area contributed by atoms with Gasteiger partial charge in [0.05, 0.1) is 12.2 Å². The molecule has 0 aromatic carbocycles. The van der Waals surface area contributed by atoms with Gasteiger partial charge in [-0.25, -0.2) is 39.7 Å². The highest BCUT2D eigenvalue weighted by Gasteiger charge is 2.27. The maximum Gasteiger partial charge on any atom is 0.407 e. The molecular weight excluding hydrogens is 774 g/mol. The molecule has 3 atom stereocenters. The van der Waals surface area contributed by atoms with Crippen LogP contribution in [0.1, 0.15) is 51.8 Å². The fourth-order valence-electron chi connectivity index (χ4n) is 5.58. The van der Waals surface area contributed by atoms with Crippen LogP contribution in [-0.4, -0.2) is 110 Å². The van der Waals surface area contributed by atoms with Crippen molar-refractivity contribution >= 4 is 69.2 Å². The molecule has 20 nitrogen and oxygen atoms in total. The molecule has 10 N–H and O–H groups in total. The molecule has 0 bridgehead atoms. The van der Waals surface area contributed by atoms with Crippen LogP contribution in [-0.2, 0) is 9.53 Å². The lowest BCUT2D eigenvalue weighted by molar-refractivity contribution is -0.119. The lowest BCUT2D eigenvalue weighted by Crippen LogP contribution is -2.40. The molecule has 3 fully saturated rings. The van der Waals surface area contributed by atoms with Crippen molar-refractivity contribution in [3.8, 4) is 6.07 Å². The zero-order valence-corrected chi connectivity index (χ0v) is 33.9. The Bertz CT molecular complexity index is 1920. The summed E-state index contributed by atoms with van der Waals surface area (Å²) >= 11 is 6.70. The van der Waals surface area contributed by atoms with Gasteiger partial charge >= 0.3 is 6.09 Å². The molecule has 7 heterocycles. The molecule has 0 aliphatic carbocycles. The molecule has 4 aromatic rings. The number of amides is 2. The number of nitriles is 1. The predicted molar refractivity (Wildman–Crippen MR) is 220 cm³/mol. The van der Waals surface area contributed by atoms with Crippen LogP contribution < -0.4 is 48.3 Å². The Morgan fingerprint density at radius 2 is 1.58 bits per heavy atom. The average molecular weight is 824 g/mol. The SMILES string of the molecule is CC(=O)NC1CCNC1.CC(C)(C)OC(=O)NC1CCN(c2cc(N)ncn2)C1.N#Cc1cnc(Nc2cc(N3CCC(N)C3)ncn2)s1.Nc1cc(Cl)ncn1. The summed E-state index contributed by atoms with van der Waals surface area (Å²) in [5.74, 6) is 3.21. The molecule has 0 spiro atoms. The van der Waals surface area contributed by atoms with E-state index in [1.165, 1.54) is 42.6 Å². The lowest BCUT2D eigenvalue weighted by Gasteiger charge is -2.22. The maximum absolute atomic E-state index is 11.7. The first-order valence-corrected chi connectivity index (χ1v) is 19.3. The highest BCUT2D eigenvalue weighted by atomic mass is 35.5. The van der Waals surface area contributed by atoms with E-state index in [1.54, 1.807) is 13.0 Å². The number of carbonyl (C=O) groups is 2. The summed E-state index contributed by atoms with van der Waals surface area (Å²) in [6.45, 7) is 12.3. The number of thiazole rings is 1. The Hall–Kier alpha value is -5.69. The summed E-state index contributed by atoms with van der Waals surface area (Å²) in [4.78, 5) is 54.8. The van der Waals surface area contributed by atoms with Crippen LogP contribution in [0.4, 0.5) is 39.0 Å². The largest absolute Gasteiger partial charge is 0.444 e. The number of nitrogen functional groups attached to an aromatic ring is 2. The van der Waals surface area contributed by atoms with E-state index < -0.39 is 5.60 Å². The highest BCUT2D eigenvalue weighted by molar-refractivity contribution is 7.16. The molecular formula is C35H50ClN17O3S. The summed E-state index contributed by atoms with van der Waals surface area (Å²) in [6.07, 6.45) is 8.32. The van der Waals surface area contributed by atoms with Crippen molar-refractivity contribution < 1.29 is 14.3 Å². The van der Waals surface area contributed by atoms with Crippen LogP contribution in [0.15, 0.2) is 43.4 Å². The average Bonchev–Trinajstić information content (AvgIpc) is 3.98. The van der Waals surface area contributed by atoms with E-state index in [4.69, 9.17) is 38.8 Å². The molecule has 7 rings (SSSR count). The highest BCUT2D eigenvalue weighted by Crippen LogP contribution is 2.24. The number of nitrogens with zero attached hydrogens (tertiary/aromatic N) is 10. The van der Waals surface area contributed by atoms with Crippen LogP contribution >= 0.6 is 22.9 Å². The fourth-order valence-corrected chi connectivity index (χ4v) is 6.36. The maximum atomic E-state index is 11.7. The van der Waals surface area contributed by atoms with Crippen LogP contribution in [0.2, 0.25) is 5.15 Å². The molecule has 3 aliphatic heterocycles. The minimum Gasteiger partial charge on any atom is -0.444 e. The third kappa shape index (κ3) is 16.1. The summed E-state index contributed by atoms with van der Waals surface area (Å²) in [5, 5.41) is 21.8. The van der Waals surface area contributed by atoms with E-state index in [0.29, 0.717) is 45.2 Å². The van der Waals surface area contributed by atoms with Crippen molar-refractivity contribution in [3.05, 3.63) is 53.4 Å². The van der Waals surface area contributed by atoms with Gasteiger partial charge in [-0.05, 0) is 46.6 Å². The molecule has 0 radical (unpaired) electrons. The van der Waals surface area contributed by atoms with Crippen molar-refractivity contribution in [3.63, 3.8) is 0 Å². The minimum atomic E-state index is -0.483. The van der Waals surface area contributed by atoms with E-state index >= 15 is 0 Å². The number of halogens is 1. The molecule has 2 amide bonds. The van der Waals surface area contributed by atoms with Gasteiger partial charge in [0, 0.05) is 69.9 Å². The monoisotopic (exact) mass is 823 g/mol. The van der Waals surface area contributed by atoms with Gasteiger partial charge in [-0.3, -0.25) is 4.79 Å². The van der Waals surface area contributed by atoms with Crippen molar-refractivity contribution in [2.24, 2.45) is 5.73 Å². The van der Waals surface area contributed by atoms with Crippen molar-refractivity contribution in [2.45, 2.75) is 70.7 Å². The van der Waals surface area contributed by atoms with Crippen LogP contribution in [0.3, 0.4) is 0 Å². The van der Waals surface area contributed by atoms with Crippen molar-refractivity contribution in [1.82, 2.24) is 50.8 Å². The summed E-state index contributed by atoms with van der Waals surface area (Å²) in [7, 11) is 0. The van der Waals surface area contributed by atoms with E-state index in [9.17, 15) is 9.59 Å². The number of hydrogen-bond donors (Lipinski definition) is 7. The Labute approximate surface area is 340 Å². The van der Waals surface area contributed by atoms with E-state index in [2.05, 4.69) is 72.0 Å². The number of nitrogens with one attached hydrogen (secondary N) is 4. The molecule has 0 saturated carbocycles. The smallest absolute Gasteiger partial charge is 0.407 e. The Balaban J connectivity index is 0.000000182. The summed E-state index contributed by atoms with van der Waals surface area (Å²) in [6, 6.07) is 7.78. The fraction of sp³-hybridized carbons (Fsp3) is 0.486. The van der Waals surface area contributed by atoms with E-state index in [0.717, 1.165) is 63.6 Å². The van der Waals surface area contributed by atoms with Gasteiger partial charge in [0.15, 0.2) is 5.13 Å². The van der Waals surface area contributed by atoms with Gasteiger partial charge in [0.25, 0.3) is 0 Å². The Morgan fingerprint density at radius 3 is 2.14 bits per heavy atom. The standard InChI is InChI=1S/C13H21N5O2.C12H13N7S.C6H12N2O.C4H4ClN3/c1-13(2,3)20-12(19)17-9-4-5-18(7-9)11-6-10(14)15-8-16-11;13-4-9-5-15-12(20-9)18-10-3-11(17-7-16-10)19-2-1-8(14)6-19;1-5(9)8-6-2-3-7-4-6;5-3-1-4(6)8-2-7-3/h6,8-9H,4-5,7H2,1-3H3,(H,17,19)(H2,14,15,16);3,5,7-8H,1-2,6,14H2,(H,15,16,17,18);6-7H,2-4H2,1H3,(H,8,9);1-2H,(H2,6,7,8). The van der Waals surface area contributed by atoms with Crippen LogP contribution in [0, 0.1) is 11.3 Å². The summed E-state index contributed by atoms with van der Waals surface area (Å²) < 4.78 is 5.25. The van der Waals surface area contributed by atoms with Gasteiger partial charge in [-0.15, -0.1) is 0 Å². The van der Waals surface area contributed by atoms with Gasteiger partial charge in [-0.2, -0.15) is 5.26 Å². The number of ether oxygens (including phenoxy) is 1. The van der Waals surface area contributed by atoms with Crippen molar-refractivity contribution in [1.29, 1.82) is 5.26 Å². The number of anilines is 6. The second-order valence-corrected chi connectivity index (χ2v) is 15.5. The number of hydrogen-bond acceptors (Lipinski definition) is 19. The van der Waals surface area contributed by atoms with Crippen molar-refractivity contribution in [2.75, 3.05) is 65.9 Å². The summed E-state index contributed by atoms with van der Waals surface area (Å²) in [5.41, 5.74) is 16.3. The second-order valence-electron chi connectivity index (χ2n) is 14.1. The van der Waals surface area contributed by atoms with E-state index in [1.807, 2.05) is 26.8 Å². The quantitative estimate of drug-likeness (QED) is 0.137. The van der Waals surface area contributed by atoms with Crippen LogP contribution in [0.5, 0.6) is 0 Å². The minimum absolute atomic E-state index is 0.0565. The van der Waals surface area contributed by atoms with Gasteiger partial charge in [0.1, 0.15) is 69.8 Å². The normalized spacial score (nSPS) is 18.4. The topological polar surface area (TPSA) is 290 Å². The number of aromatic nitrogens is 7. The van der Waals surface area contributed by atoms with Crippen LogP contribution in [0.25, 0.3) is 0 Å². The van der Waals surface area contributed by atoms with E-state index in [-0.39, 0.29) is 24.1 Å². The number of carbonyl (C=O) groups excluding carboxylic acids is 2. The second kappa shape index (κ2) is 21.6. The molecule has 57 heavy (non-hydrogen) atoms. The number of nitrogens with two attached hydrogens (primary N) is 3. The lowest BCUT2D eigenvalue weighted by atomic mass is 10.2. The Kier molecular flexibility index (Phi) is 16.7. The molecule has 3 saturated heterocycles. The molecule has 3 unspecified atom stereocenters. The molecule has 4 aromatic heterocycles. The zero-order valence-electron chi connectivity index (χ0n) is 32.4. The molecule has 306 valence electrons. The number of rotatable bonds is 6. The number of alkyl carbamates (subject to hydrolysis) is 1. The van der Waals surface area contributed by atoms with Gasteiger partial charge < -0.3 is 53.0 Å². The van der Waals surface area contributed by atoms with Gasteiger partial charge in [-0.1, -0.05) is 22.9 Å². The predicted octanol–water partition coefficient (Wildman–Crippen LogP) is 2.44. The third-order valence-electron chi connectivity index (χ3n) is 8.08. The first kappa shape index (κ1) is 44.0. The Morgan fingerprint density at radius 1 is 0.912 bits per heavy atom. The van der Waals surface area contributed by atoms with Gasteiger partial charge in [0.2, 0.25) is 5.91 Å². The molecule has 22 heteroatoms.